The Kier molecular flexibility index (Phi) is 5.86. The van der Waals surface area contributed by atoms with Gasteiger partial charge in [0.25, 0.3) is 5.91 Å². The molecule has 1 aromatic heterocycles. The highest BCUT2D eigenvalue weighted by Gasteiger charge is 2.44. The van der Waals surface area contributed by atoms with Gasteiger partial charge in [-0.2, -0.15) is 0 Å². The molecule has 2 amide bonds. The number of nitrogens with one attached hydrogen (secondary N) is 1. The molecule has 158 valence electrons. The molecule has 2 saturated carbocycles. The molecule has 0 unspecified atom stereocenters. The van der Waals surface area contributed by atoms with Crippen molar-refractivity contribution < 1.29 is 14.3 Å². The van der Waals surface area contributed by atoms with Crippen LogP contribution in [0, 0.1) is 17.8 Å². The molecule has 3 aliphatic rings. The van der Waals surface area contributed by atoms with Gasteiger partial charge in [0, 0.05) is 44.9 Å². The summed E-state index contributed by atoms with van der Waals surface area (Å²) in [5.41, 5.74) is 0.549. The zero-order chi connectivity index (χ0) is 20.5. The number of nitrogens with zero attached hydrogens (tertiary/aromatic N) is 3. The van der Waals surface area contributed by atoms with E-state index in [1.807, 2.05) is 18.7 Å². The Labute approximate surface area is 172 Å². The van der Waals surface area contributed by atoms with Gasteiger partial charge >= 0.3 is 0 Å². The van der Waals surface area contributed by atoms with Crippen LogP contribution < -0.4 is 5.32 Å². The summed E-state index contributed by atoms with van der Waals surface area (Å²) in [5, 5.41) is 3.09. The highest BCUT2D eigenvalue weighted by Crippen LogP contribution is 2.39. The predicted molar refractivity (Wildman–Crippen MR) is 108 cm³/mol. The van der Waals surface area contributed by atoms with Crippen molar-refractivity contribution in [2.75, 3.05) is 19.7 Å². The molecule has 7 heteroatoms. The fourth-order valence-electron chi connectivity index (χ4n) is 4.65. The van der Waals surface area contributed by atoms with E-state index in [-0.39, 0.29) is 29.9 Å². The van der Waals surface area contributed by atoms with E-state index < -0.39 is 0 Å². The number of carbonyl (C=O) groups is 2. The van der Waals surface area contributed by atoms with Crippen molar-refractivity contribution in [3.63, 3.8) is 0 Å². The quantitative estimate of drug-likeness (QED) is 0.793. The van der Waals surface area contributed by atoms with E-state index in [9.17, 15) is 9.59 Å². The van der Waals surface area contributed by atoms with Crippen LogP contribution in [0.5, 0.6) is 0 Å². The first-order valence-electron chi connectivity index (χ1n) is 10.9. The van der Waals surface area contributed by atoms with Crippen molar-refractivity contribution in [2.24, 2.45) is 17.8 Å². The summed E-state index contributed by atoms with van der Waals surface area (Å²) < 4.78 is 6.21. The lowest BCUT2D eigenvalue weighted by Crippen LogP contribution is -2.50. The zero-order valence-corrected chi connectivity index (χ0v) is 17.6. The Morgan fingerprint density at radius 3 is 2.41 bits per heavy atom. The second kappa shape index (κ2) is 8.38. The summed E-state index contributed by atoms with van der Waals surface area (Å²) in [6.07, 6.45) is 7.61. The fourth-order valence-corrected chi connectivity index (χ4v) is 4.65. The monoisotopic (exact) mass is 400 g/mol. The number of hydrogen-bond acceptors (Lipinski definition) is 5. The first-order chi connectivity index (χ1) is 13.9. The number of aromatic nitrogens is 2. The maximum absolute atomic E-state index is 13.0. The van der Waals surface area contributed by atoms with E-state index in [2.05, 4.69) is 15.3 Å². The van der Waals surface area contributed by atoms with Crippen molar-refractivity contribution in [3.05, 3.63) is 23.8 Å². The number of hydrogen-bond donors (Lipinski definition) is 1. The minimum Gasteiger partial charge on any atom is -0.376 e. The maximum Gasteiger partial charge on any atom is 0.257 e. The summed E-state index contributed by atoms with van der Waals surface area (Å²) in [4.78, 5) is 35.3. The lowest BCUT2D eigenvalue weighted by molar-refractivity contribution is -0.122. The van der Waals surface area contributed by atoms with Crippen molar-refractivity contribution in [2.45, 2.75) is 64.5 Å². The first-order valence-corrected chi connectivity index (χ1v) is 10.9. The average Bonchev–Trinajstić information content (AvgIpc) is 3.43. The largest absolute Gasteiger partial charge is 0.376 e. The topological polar surface area (TPSA) is 84.4 Å². The molecule has 2 aliphatic carbocycles. The number of fused-ring (bicyclic) bond motifs is 1. The van der Waals surface area contributed by atoms with E-state index in [4.69, 9.17) is 4.74 Å². The van der Waals surface area contributed by atoms with Gasteiger partial charge in [-0.3, -0.25) is 9.59 Å². The molecule has 0 bridgehead atoms. The van der Waals surface area contributed by atoms with Gasteiger partial charge < -0.3 is 15.0 Å². The minimum absolute atomic E-state index is 0.00114. The van der Waals surface area contributed by atoms with Crippen LogP contribution >= 0.6 is 0 Å². The number of amides is 2. The number of likely N-dealkylation sites (tertiary alicyclic amines) is 1. The second-order valence-corrected chi connectivity index (χ2v) is 9.31. The van der Waals surface area contributed by atoms with Crippen LogP contribution in [0.2, 0.25) is 0 Å². The molecule has 0 radical (unpaired) electrons. The molecule has 1 saturated heterocycles. The summed E-state index contributed by atoms with van der Waals surface area (Å²) in [6.45, 7) is 7.90. The lowest BCUT2D eigenvalue weighted by Gasteiger charge is -2.38. The van der Waals surface area contributed by atoms with Gasteiger partial charge in [-0.1, -0.05) is 13.8 Å². The lowest BCUT2D eigenvalue weighted by atomic mass is 9.77. The average molecular weight is 401 g/mol. The maximum atomic E-state index is 13.0. The molecule has 1 aliphatic heterocycles. The van der Waals surface area contributed by atoms with E-state index >= 15 is 0 Å². The fraction of sp³-hybridized carbons (Fsp3) is 0.727. The van der Waals surface area contributed by atoms with Crippen molar-refractivity contribution >= 4 is 11.8 Å². The predicted octanol–water partition coefficient (Wildman–Crippen LogP) is 2.38. The SMILES string of the molecule is CC(=O)N[C@@H]1C[C@@H]2CN(C(=O)c3cnc(C(C)C)nc3)C[C@@H]2C[C@H]1OCC1CC1. The smallest absolute Gasteiger partial charge is 0.257 e. The Morgan fingerprint density at radius 1 is 1.17 bits per heavy atom. The van der Waals surface area contributed by atoms with E-state index in [0.717, 1.165) is 38.4 Å². The van der Waals surface area contributed by atoms with Gasteiger partial charge in [-0.25, -0.2) is 9.97 Å². The zero-order valence-electron chi connectivity index (χ0n) is 17.6. The Morgan fingerprint density at radius 2 is 1.83 bits per heavy atom. The van der Waals surface area contributed by atoms with Gasteiger partial charge in [0.1, 0.15) is 5.82 Å². The Bertz CT molecular complexity index is 747. The van der Waals surface area contributed by atoms with Crippen LogP contribution in [-0.2, 0) is 9.53 Å². The second-order valence-electron chi connectivity index (χ2n) is 9.31. The van der Waals surface area contributed by atoms with Gasteiger partial charge in [0.05, 0.1) is 17.7 Å². The highest BCUT2D eigenvalue weighted by atomic mass is 16.5. The number of rotatable bonds is 6. The minimum atomic E-state index is -0.0122. The molecule has 0 aromatic carbocycles. The Hall–Kier alpha value is -2.02. The third-order valence-electron chi connectivity index (χ3n) is 6.47. The van der Waals surface area contributed by atoms with Crippen molar-refractivity contribution in [3.8, 4) is 0 Å². The van der Waals surface area contributed by atoms with Gasteiger partial charge in [-0.15, -0.1) is 0 Å². The van der Waals surface area contributed by atoms with Crippen LogP contribution in [0.4, 0.5) is 0 Å². The molecule has 29 heavy (non-hydrogen) atoms. The van der Waals surface area contributed by atoms with Crippen LogP contribution in [0.15, 0.2) is 12.4 Å². The Balaban J connectivity index is 1.40. The van der Waals surface area contributed by atoms with Crippen molar-refractivity contribution in [1.29, 1.82) is 0 Å². The molecule has 0 spiro atoms. The number of carbonyl (C=O) groups excluding carboxylic acids is 2. The van der Waals surface area contributed by atoms with E-state index in [1.165, 1.54) is 12.8 Å². The number of ether oxygens (including phenoxy) is 1. The third-order valence-corrected chi connectivity index (χ3v) is 6.47. The van der Waals surface area contributed by atoms with Crippen LogP contribution in [-0.4, -0.2) is 58.5 Å². The standard InChI is InChI=1S/C22H32N4O3/c1-13(2)21-23-8-18(9-24-21)22(28)26-10-16-6-19(25-14(3)27)20(7-17(16)11-26)29-12-15-4-5-15/h8-9,13,15-17,19-20H,4-7,10-12H2,1-3H3,(H,25,27)/t16-,17+,19-,20-/m1/s1. The normalized spacial score (nSPS) is 29.0. The van der Waals surface area contributed by atoms with Crippen LogP contribution in [0.3, 0.4) is 0 Å². The van der Waals surface area contributed by atoms with Crippen molar-refractivity contribution in [1.82, 2.24) is 20.2 Å². The molecular formula is C22H32N4O3. The molecular weight excluding hydrogens is 368 g/mol. The molecule has 1 aromatic rings. The summed E-state index contributed by atoms with van der Waals surface area (Å²) >= 11 is 0. The first kappa shape index (κ1) is 20.3. The highest BCUT2D eigenvalue weighted by molar-refractivity contribution is 5.93. The van der Waals surface area contributed by atoms with E-state index in [1.54, 1.807) is 19.3 Å². The molecule has 1 N–H and O–H groups in total. The van der Waals surface area contributed by atoms with E-state index in [0.29, 0.717) is 23.3 Å². The molecule has 7 nitrogen and oxygen atoms in total. The van der Waals surface area contributed by atoms with Gasteiger partial charge in [0.15, 0.2) is 0 Å². The summed E-state index contributed by atoms with van der Waals surface area (Å²) in [6, 6.07) is 0.0382. The molecule has 3 fully saturated rings. The molecule has 2 heterocycles. The third kappa shape index (κ3) is 4.77. The summed E-state index contributed by atoms with van der Waals surface area (Å²) in [5.74, 6) is 2.50. The van der Waals surface area contributed by atoms with Gasteiger partial charge in [-0.05, 0) is 43.4 Å². The summed E-state index contributed by atoms with van der Waals surface area (Å²) in [7, 11) is 0. The van der Waals surface area contributed by atoms with Gasteiger partial charge in [0.2, 0.25) is 5.91 Å². The molecule has 4 atom stereocenters. The van der Waals surface area contributed by atoms with Crippen LogP contribution in [0.25, 0.3) is 0 Å². The van der Waals surface area contributed by atoms with Crippen LogP contribution in [0.1, 0.15) is 68.6 Å². The molecule has 4 rings (SSSR count).